The molecule has 0 bridgehead atoms. The largest absolute Gasteiger partial charge is 0.477 e. The molecule has 17 heavy (non-hydrogen) atoms. The van der Waals surface area contributed by atoms with E-state index in [1.54, 1.807) is 0 Å². The number of nitrogens with zero attached hydrogens (tertiary/aromatic N) is 2. The Kier molecular flexibility index (Phi) is 3.41. The second-order valence-electron chi connectivity index (χ2n) is 4.88. The van der Waals surface area contributed by atoms with Gasteiger partial charge in [-0.3, -0.25) is 0 Å². The zero-order chi connectivity index (χ0) is 12.4. The number of carbonyl (C=O) groups is 1. The van der Waals surface area contributed by atoms with Gasteiger partial charge in [-0.15, -0.1) is 0 Å². The van der Waals surface area contributed by atoms with Crippen LogP contribution in [0.2, 0.25) is 0 Å². The number of hydrogen-bond donors (Lipinski definition) is 1. The van der Waals surface area contributed by atoms with Crippen molar-refractivity contribution in [2.24, 2.45) is 0 Å². The molecule has 0 aliphatic heterocycles. The normalized spacial score (nSPS) is 15.5. The maximum Gasteiger partial charge on any atom is 0.354 e. The molecule has 1 aromatic rings. The maximum absolute atomic E-state index is 11.3. The Hall–Kier alpha value is -1.45. The van der Waals surface area contributed by atoms with Crippen LogP contribution in [0.5, 0.6) is 0 Å². The molecule has 2 rings (SSSR count). The number of carboxylic acids is 1. The van der Waals surface area contributed by atoms with Crippen LogP contribution in [0.25, 0.3) is 0 Å². The van der Waals surface area contributed by atoms with Gasteiger partial charge >= 0.3 is 5.97 Å². The third kappa shape index (κ3) is 2.46. The lowest BCUT2D eigenvalue weighted by molar-refractivity contribution is 0.0688. The van der Waals surface area contributed by atoms with E-state index in [1.165, 1.54) is 0 Å². The fraction of sp³-hybridized carbons (Fsp3) is 0.615. The molecule has 0 aromatic carbocycles. The van der Waals surface area contributed by atoms with Crippen molar-refractivity contribution in [2.45, 2.75) is 51.9 Å². The van der Waals surface area contributed by atoms with Gasteiger partial charge in [-0.05, 0) is 25.7 Å². The Balaban J connectivity index is 2.55. The number of aromatic nitrogens is 2. The highest BCUT2D eigenvalue weighted by Crippen LogP contribution is 2.23. The van der Waals surface area contributed by atoms with E-state index in [-0.39, 0.29) is 11.6 Å². The topological polar surface area (TPSA) is 63.1 Å². The summed E-state index contributed by atoms with van der Waals surface area (Å²) >= 11 is 0. The summed E-state index contributed by atoms with van der Waals surface area (Å²) in [7, 11) is 0. The molecule has 0 atom stereocenters. The summed E-state index contributed by atoms with van der Waals surface area (Å²) in [6, 6.07) is 0. The Morgan fingerprint density at radius 3 is 2.53 bits per heavy atom. The van der Waals surface area contributed by atoms with Crippen LogP contribution in [0.4, 0.5) is 0 Å². The van der Waals surface area contributed by atoms with Crippen LogP contribution in [-0.4, -0.2) is 21.0 Å². The highest BCUT2D eigenvalue weighted by Gasteiger charge is 2.21. The van der Waals surface area contributed by atoms with Crippen molar-refractivity contribution < 1.29 is 9.90 Å². The van der Waals surface area contributed by atoms with Gasteiger partial charge in [0, 0.05) is 17.2 Å². The number of aromatic carboxylic acids is 1. The van der Waals surface area contributed by atoms with E-state index in [9.17, 15) is 9.90 Å². The first kappa shape index (κ1) is 12.0. The van der Waals surface area contributed by atoms with Crippen LogP contribution in [0.3, 0.4) is 0 Å². The molecule has 0 unspecified atom stereocenters. The van der Waals surface area contributed by atoms with E-state index < -0.39 is 5.97 Å². The average molecular weight is 234 g/mol. The van der Waals surface area contributed by atoms with Crippen molar-refractivity contribution in [3.05, 3.63) is 22.8 Å². The summed E-state index contributed by atoms with van der Waals surface area (Å²) in [5, 5.41) is 9.25. The van der Waals surface area contributed by atoms with Gasteiger partial charge in [-0.1, -0.05) is 20.3 Å². The molecule has 0 saturated heterocycles. The molecule has 1 heterocycles. The molecule has 1 N–H and O–H groups in total. The number of fused-ring (bicyclic) bond motifs is 1. The smallest absolute Gasteiger partial charge is 0.354 e. The molecule has 1 aliphatic carbocycles. The monoisotopic (exact) mass is 234 g/mol. The lowest BCUT2D eigenvalue weighted by Gasteiger charge is -2.12. The van der Waals surface area contributed by atoms with Gasteiger partial charge in [0.15, 0.2) is 5.69 Å². The Morgan fingerprint density at radius 1 is 1.18 bits per heavy atom. The van der Waals surface area contributed by atoms with Crippen LogP contribution < -0.4 is 0 Å². The second-order valence-corrected chi connectivity index (χ2v) is 4.88. The maximum atomic E-state index is 11.3. The third-order valence-corrected chi connectivity index (χ3v) is 3.17. The summed E-state index contributed by atoms with van der Waals surface area (Å²) in [5.74, 6) is -0.0999. The van der Waals surface area contributed by atoms with Crippen molar-refractivity contribution in [3.8, 4) is 0 Å². The first-order valence-electron chi connectivity index (χ1n) is 6.22. The summed E-state index contributed by atoms with van der Waals surface area (Å²) < 4.78 is 0. The van der Waals surface area contributed by atoms with Crippen molar-refractivity contribution in [2.75, 3.05) is 0 Å². The van der Waals surface area contributed by atoms with Gasteiger partial charge in [-0.25, -0.2) is 14.8 Å². The molecular weight excluding hydrogens is 216 g/mol. The molecular formula is C13H18N2O2. The molecule has 1 aliphatic rings. The van der Waals surface area contributed by atoms with Gasteiger partial charge < -0.3 is 5.11 Å². The minimum atomic E-state index is -0.924. The van der Waals surface area contributed by atoms with E-state index in [4.69, 9.17) is 0 Å². The zero-order valence-electron chi connectivity index (χ0n) is 10.4. The summed E-state index contributed by atoms with van der Waals surface area (Å²) in [5.41, 5.74) is 2.04. The minimum Gasteiger partial charge on any atom is -0.477 e. The predicted molar refractivity (Wildman–Crippen MR) is 64.3 cm³/mol. The molecule has 0 fully saturated rings. The SMILES string of the molecule is CC(C)c1nc2c(c(C(=O)O)n1)CCCCC2. The fourth-order valence-corrected chi connectivity index (χ4v) is 2.23. The summed E-state index contributed by atoms with van der Waals surface area (Å²) in [6.07, 6.45) is 4.97. The average Bonchev–Trinajstić information content (AvgIpc) is 2.51. The van der Waals surface area contributed by atoms with Crippen LogP contribution in [0.1, 0.15) is 66.6 Å². The second kappa shape index (κ2) is 4.82. The molecule has 4 nitrogen and oxygen atoms in total. The van der Waals surface area contributed by atoms with Crippen molar-refractivity contribution >= 4 is 5.97 Å². The van der Waals surface area contributed by atoms with E-state index in [1.807, 2.05) is 13.8 Å². The lowest BCUT2D eigenvalue weighted by atomic mass is 10.0. The molecule has 4 heteroatoms. The van der Waals surface area contributed by atoms with Gasteiger partial charge in [0.05, 0.1) is 0 Å². The van der Waals surface area contributed by atoms with E-state index in [0.717, 1.165) is 43.4 Å². The van der Waals surface area contributed by atoms with Crippen LogP contribution in [-0.2, 0) is 12.8 Å². The molecule has 0 amide bonds. The first-order chi connectivity index (χ1) is 8.09. The highest BCUT2D eigenvalue weighted by molar-refractivity contribution is 5.87. The minimum absolute atomic E-state index is 0.168. The van der Waals surface area contributed by atoms with Crippen molar-refractivity contribution in [1.82, 2.24) is 9.97 Å². The van der Waals surface area contributed by atoms with Crippen LogP contribution >= 0.6 is 0 Å². The van der Waals surface area contributed by atoms with E-state index in [2.05, 4.69) is 9.97 Å². The van der Waals surface area contributed by atoms with Gasteiger partial charge in [0.1, 0.15) is 5.82 Å². The quantitative estimate of drug-likeness (QED) is 0.799. The Morgan fingerprint density at radius 2 is 1.88 bits per heavy atom. The van der Waals surface area contributed by atoms with Crippen molar-refractivity contribution in [3.63, 3.8) is 0 Å². The predicted octanol–water partition coefficient (Wildman–Crippen LogP) is 2.57. The van der Waals surface area contributed by atoms with Crippen molar-refractivity contribution in [1.29, 1.82) is 0 Å². The third-order valence-electron chi connectivity index (χ3n) is 3.17. The number of hydrogen-bond acceptors (Lipinski definition) is 3. The van der Waals surface area contributed by atoms with E-state index in [0.29, 0.717) is 5.82 Å². The molecule has 0 spiro atoms. The fourth-order valence-electron chi connectivity index (χ4n) is 2.23. The first-order valence-corrected chi connectivity index (χ1v) is 6.22. The lowest BCUT2D eigenvalue weighted by Crippen LogP contribution is -2.14. The highest BCUT2D eigenvalue weighted by atomic mass is 16.4. The van der Waals surface area contributed by atoms with Crippen LogP contribution in [0.15, 0.2) is 0 Å². The molecule has 0 saturated carbocycles. The van der Waals surface area contributed by atoms with Gasteiger partial charge in [-0.2, -0.15) is 0 Å². The van der Waals surface area contributed by atoms with E-state index >= 15 is 0 Å². The van der Waals surface area contributed by atoms with Gasteiger partial charge in [0.2, 0.25) is 0 Å². The standard InChI is InChI=1S/C13H18N2O2/c1-8(2)12-14-10-7-5-3-4-6-9(10)11(15-12)13(16)17/h8H,3-7H2,1-2H3,(H,16,17). The number of rotatable bonds is 2. The molecule has 1 aromatic heterocycles. The summed E-state index contributed by atoms with van der Waals surface area (Å²) in [6.45, 7) is 3.98. The molecule has 92 valence electrons. The molecule has 0 radical (unpaired) electrons. The summed E-state index contributed by atoms with van der Waals surface area (Å²) in [4.78, 5) is 20.0. The number of aryl methyl sites for hydroxylation is 1. The van der Waals surface area contributed by atoms with Gasteiger partial charge in [0.25, 0.3) is 0 Å². The number of carboxylic acid groups (broad SMARTS) is 1. The Bertz CT molecular complexity index is 441. The zero-order valence-corrected chi connectivity index (χ0v) is 10.4. The Labute approximate surface area is 101 Å². The van der Waals surface area contributed by atoms with Crippen LogP contribution in [0, 0.1) is 0 Å².